The van der Waals surface area contributed by atoms with Gasteiger partial charge in [-0.25, -0.2) is 0 Å². The SMILES string of the molecule is CCc1c(O)cc(O)c(C(=O)c2ccc(OCC(=O)N3CCN(C)CC3)c(OC)c2)c1CC(=O)N(CCOC)CCOC. The van der Waals surface area contributed by atoms with Gasteiger partial charge in [0, 0.05) is 65.1 Å². The molecular weight excluding hydrogens is 558 g/mol. The van der Waals surface area contributed by atoms with E-state index in [2.05, 4.69) is 4.90 Å². The molecule has 0 saturated carbocycles. The number of benzene rings is 2. The van der Waals surface area contributed by atoms with Crippen molar-refractivity contribution in [2.45, 2.75) is 19.8 Å². The van der Waals surface area contributed by atoms with Crippen molar-refractivity contribution in [3.05, 3.63) is 46.5 Å². The van der Waals surface area contributed by atoms with Crippen molar-refractivity contribution in [2.24, 2.45) is 0 Å². The Morgan fingerprint density at radius 1 is 0.884 bits per heavy atom. The number of carbonyl (C=O) groups is 3. The van der Waals surface area contributed by atoms with Gasteiger partial charge >= 0.3 is 0 Å². The van der Waals surface area contributed by atoms with Gasteiger partial charge in [0.05, 0.1) is 32.3 Å². The van der Waals surface area contributed by atoms with Crippen LogP contribution in [0.5, 0.6) is 23.0 Å². The van der Waals surface area contributed by atoms with E-state index in [9.17, 15) is 24.6 Å². The molecule has 12 heteroatoms. The molecule has 1 aliphatic heterocycles. The third-order valence-corrected chi connectivity index (χ3v) is 7.53. The standard InChI is InChI=1S/C31H43N3O9/c1-6-22-23(18-28(37)34(13-15-40-3)14-16-41-4)30(25(36)19-24(22)35)31(39)21-7-8-26(27(17-21)42-5)43-20-29(38)33-11-9-32(2)10-12-33/h7-8,17,19,35-36H,6,9-16,18,20H2,1-5H3. The van der Waals surface area contributed by atoms with E-state index < -0.39 is 11.5 Å². The maximum Gasteiger partial charge on any atom is 0.260 e. The zero-order chi connectivity index (χ0) is 31.5. The van der Waals surface area contributed by atoms with Crippen LogP contribution < -0.4 is 9.47 Å². The molecule has 0 radical (unpaired) electrons. The van der Waals surface area contributed by atoms with Crippen LogP contribution in [0.1, 0.15) is 34.0 Å². The van der Waals surface area contributed by atoms with E-state index in [1.807, 2.05) is 7.05 Å². The average Bonchev–Trinajstić information content (AvgIpc) is 3.00. The highest BCUT2D eigenvalue weighted by atomic mass is 16.5. The molecule has 0 bridgehead atoms. The fourth-order valence-corrected chi connectivity index (χ4v) is 4.98. The minimum Gasteiger partial charge on any atom is -0.508 e. The molecule has 0 spiro atoms. The topological polar surface area (TPSA) is 138 Å². The molecule has 1 fully saturated rings. The maximum atomic E-state index is 13.9. The number of phenols is 2. The van der Waals surface area contributed by atoms with Crippen molar-refractivity contribution in [3.63, 3.8) is 0 Å². The number of nitrogens with zero attached hydrogens (tertiary/aromatic N) is 3. The van der Waals surface area contributed by atoms with Crippen molar-refractivity contribution >= 4 is 17.6 Å². The van der Waals surface area contributed by atoms with E-state index in [1.54, 1.807) is 16.7 Å². The van der Waals surface area contributed by atoms with Crippen LogP contribution >= 0.6 is 0 Å². The van der Waals surface area contributed by atoms with Gasteiger partial charge < -0.3 is 43.9 Å². The molecule has 43 heavy (non-hydrogen) atoms. The third kappa shape index (κ3) is 8.59. The zero-order valence-corrected chi connectivity index (χ0v) is 25.7. The Kier molecular flexibility index (Phi) is 12.6. The first-order chi connectivity index (χ1) is 20.6. The Hall–Kier alpha value is -3.87. The summed E-state index contributed by atoms with van der Waals surface area (Å²) in [4.78, 5) is 45.4. The van der Waals surface area contributed by atoms with Crippen molar-refractivity contribution in [1.29, 1.82) is 0 Å². The molecule has 2 N–H and O–H groups in total. The second kappa shape index (κ2) is 16.1. The van der Waals surface area contributed by atoms with E-state index in [0.29, 0.717) is 51.4 Å². The number of likely N-dealkylation sites (N-methyl/N-ethyl adjacent to an activating group) is 1. The van der Waals surface area contributed by atoms with Gasteiger partial charge in [0.25, 0.3) is 5.91 Å². The summed E-state index contributed by atoms with van der Waals surface area (Å²) in [7, 11) is 6.50. The Balaban J connectivity index is 1.89. The van der Waals surface area contributed by atoms with Gasteiger partial charge in [-0.1, -0.05) is 6.92 Å². The number of amides is 2. The first-order valence-electron chi connectivity index (χ1n) is 14.3. The summed E-state index contributed by atoms with van der Waals surface area (Å²) in [5, 5.41) is 21.5. The van der Waals surface area contributed by atoms with Crippen molar-refractivity contribution in [1.82, 2.24) is 14.7 Å². The van der Waals surface area contributed by atoms with Crippen molar-refractivity contribution in [2.75, 3.05) is 87.5 Å². The summed E-state index contributed by atoms with van der Waals surface area (Å²) in [6, 6.07) is 5.62. The van der Waals surface area contributed by atoms with E-state index in [-0.39, 0.29) is 58.8 Å². The molecule has 0 aromatic heterocycles. The third-order valence-electron chi connectivity index (χ3n) is 7.53. The van der Waals surface area contributed by atoms with Gasteiger partial charge in [0.15, 0.2) is 23.9 Å². The number of rotatable bonds is 15. The quantitative estimate of drug-likeness (QED) is 0.290. The lowest BCUT2D eigenvalue weighted by Gasteiger charge is -2.32. The molecular formula is C31H43N3O9. The lowest BCUT2D eigenvalue weighted by molar-refractivity contribution is -0.135. The lowest BCUT2D eigenvalue weighted by Crippen LogP contribution is -2.48. The van der Waals surface area contributed by atoms with Crippen LogP contribution in [0.15, 0.2) is 24.3 Å². The molecule has 0 unspecified atom stereocenters. The number of hydrogen-bond donors (Lipinski definition) is 2. The summed E-state index contributed by atoms with van der Waals surface area (Å²) in [6.45, 7) is 5.69. The normalized spacial score (nSPS) is 13.6. The molecule has 1 saturated heterocycles. The predicted octanol–water partition coefficient (Wildman–Crippen LogP) is 1.72. The van der Waals surface area contributed by atoms with Crippen LogP contribution in [-0.2, 0) is 31.9 Å². The number of piperazine rings is 1. The summed E-state index contributed by atoms with van der Waals surface area (Å²) < 4.78 is 21.5. The fraction of sp³-hybridized carbons (Fsp3) is 0.516. The first-order valence-corrected chi connectivity index (χ1v) is 14.3. The lowest BCUT2D eigenvalue weighted by atomic mass is 9.89. The van der Waals surface area contributed by atoms with Crippen LogP contribution in [0, 0.1) is 0 Å². The van der Waals surface area contributed by atoms with Gasteiger partial charge in [-0.3, -0.25) is 14.4 Å². The highest BCUT2D eigenvalue weighted by molar-refractivity contribution is 6.12. The first kappa shape index (κ1) is 33.6. The molecule has 0 atom stereocenters. The van der Waals surface area contributed by atoms with Crippen LogP contribution in [0.4, 0.5) is 0 Å². The zero-order valence-electron chi connectivity index (χ0n) is 25.7. The van der Waals surface area contributed by atoms with Crippen molar-refractivity contribution < 1.29 is 43.5 Å². The van der Waals surface area contributed by atoms with Gasteiger partial charge in [-0.05, 0) is 42.8 Å². The largest absolute Gasteiger partial charge is 0.508 e. The molecule has 236 valence electrons. The number of hydrogen-bond acceptors (Lipinski definition) is 10. The molecule has 0 aliphatic carbocycles. The Labute approximate surface area is 252 Å². The highest BCUT2D eigenvalue weighted by Crippen LogP contribution is 2.36. The summed E-state index contributed by atoms with van der Waals surface area (Å²) in [5.41, 5.74) is 0.721. The highest BCUT2D eigenvalue weighted by Gasteiger charge is 2.27. The minimum absolute atomic E-state index is 0.0811. The number of methoxy groups -OCH3 is 3. The number of ketones is 1. The van der Waals surface area contributed by atoms with Crippen LogP contribution in [0.2, 0.25) is 0 Å². The van der Waals surface area contributed by atoms with Crippen LogP contribution in [0.3, 0.4) is 0 Å². The second-order valence-electron chi connectivity index (χ2n) is 10.3. The van der Waals surface area contributed by atoms with E-state index in [4.69, 9.17) is 18.9 Å². The summed E-state index contributed by atoms with van der Waals surface area (Å²) in [6.07, 6.45) is 0.0922. The molecule has 12 nitrogen and oxygen atoms in total. The number of phenolic OH excluding ortho intramolecular Hbond substituents is 2. The Morgan fingerprint density at radius 3 is 2.12 bits per heavy atom. The van der Waals surface area contributed by atoms with Gasteiger partial charge in [0.1, 0.15) is 11.5 Å². The molecule has 2 aromatic rings. The van der Waals surface area contributed by atoms with E-state index >= 15 is 0 Å². The summed E-state index contributed by atoms with van der Waals surface area (Å²) in [5.74, 6) is -1.15. The van der Waals surface area contributed by atoms with Gasteiger partial charge in [-0.15, -0.1) is 0 Å². The average molecular weight is 602 g/mol. The van der Waals surface area contributed by atoms with E-state index in [0.717, 1.165) is 19.2 Å². The number of carbonyl (C=O) groups excluding carboxylic acids is 3. The van der Waals surface area contributed by atoms with Crippen LogP contribution in [0.25, 0.3) is 0 Å². The Morgan fingerprint density at radius 2 is 1.53 bits per heavy atom. The molecule has 1 aliphatic rings. The minimum atomic E-state index is -0.561. The van der Waals surface area contributed by atoms with E-state index in [1.165, 1.54) is 39.5 Å². The molecule has 3 rings (SSSR count). The van der Waals surface area contributed by atoms with Crippen molar-refractivity contribution in [3.8, 4) is 23.0 Å². The van der Waals surface area contributed by atoms with Gasteiger partial charge in [-0.2, -0.15) is 0 Å². The second-order valence-corrected chi connectivity index (χ2v) is 10.3. The predicted molar refractivity (Wildman–Crippen MR) is 159 cm³/mol. The molecule has 2 aromatic carbocycles. The number of ether oxygens (including phenoxy) is 4. The Bertz CT molecular complexity index is 1270. The smallest absolute Gasteiger partial charge is 0.260 e. The van der Waals surface area contributed by atoms with Gasteiger partial charge in [0.2, 0.25) is 5.91 Å². The number of aromatic hydroxyl groups is 2. The molecule has 1 heterocycles. The monoisotopic (exact) mass is 601 g/mol. The molecule has 2 amide bonds. The summed E-state index contributed by atoms with van der Waals surface area (Å²) >= 11 is 0. The maximum absolute atomic E-state index is 13.9. The fourth-order valence-electron chi connectivity index (χ4n) is 4.98. The van der Waals surface area contributed by atoms with Crippen LogP contribution in [-0.4, -0.2) is 130 Å².